The summed E-state index contributed by atoms with van der Waals surface area (Å²) in [5, 5.41) is 15.3. The van der Waals surface area contributed by atoms with E-state index in [1.807, 2.05) is 13.8 Å². The summed E-state index contributed by atoms with van der Waals surface area (Å²) in [6.07, 6.45) is 0. The molecule has 0 aromatic heterocycles. The smallest absolute Gasteiger partial charge is 0.231 e. The lowest BCUT2D eigenvalue weighted by molar-refractivity contribution is -0.123. The maximum Gasteiger partial charge on any atom is 0.231 e. The van der Waals surface area contributed by atoms with Crippen molar-refractivity contribution in [3.05, 3.63) is 18.2 Å². The number of carbonyl (C=O) groups is 1. The molecule has 3 N–H and O–H groups in total. The highest BCUT2D eigenvalue weighted by Gasteiger charge is 2.30. The molecule has 80 valence electrons. The Bertz CT molecular complexity index is 413. The van der Waals surface area contributed by atoms with E-state index in [4.69, 9.17) is 0 Å². The average molecular weight is 206 g/mol. The highest BCUT2D eigenvalue weighted by molar-refractivity contribution is 5.99. The second kappa shape index (κ2) is 3.15. The first-order valence-corrected chi connectivity index (χ1v) is 4.87. The molecule has 1 heterocycles. The van der Waals surface area contributed by atoms with E-state index in [2.05, 4.69) is 10.6 Å². The topological polar surface area (TPSA) is 61.4 Å². The molecule has 1 aliphatic heterocycles. The van der Waals surface area contributed by atoms with E-state index in [-0.39, 0.29) is 11.7 Å². The number of hydrogen-bond donors (Lipinski definition) is 3. The Morgan fingerprint density at radius 3 is 2.80 bits per heavy atom. The summed E-state index contributed by atoms with van der Waals surface area (Å²) in [5.74, 6) is 0.176. The fourth-order valence-electron chi connectivity index (χ4n) is 1.48. The molecular formula is C11H14N2O2. The molecule has 0 bridgehead atoms. The lowest BCUT2D eigenvalue weighted by Crippen LogP contribution is -2.34. The van der Waals surface area contributed by atoms with E-state index in [0.29, 0.717) is 12.2 Å². The molecule has 1 aliphatic rings. The van der Waals surface area contributed by atoms with Crippen LogP contribution in [-0.2, 0) is 4.79 Å². The molecule has 4 nitrogen and oxygen atoms in total. The maximum atomic E-state index is 11.8. The first-order valence-electron chi connectivity index (χ1n) is 4.87. The molecule has 4 heteroatoms. The van der Waals surface area contributed by atoms with Crippen LogP contribution in [0.25, 0.3) is 0 Å². The van der Waals surface area contributed by atoms with Gasteiger partial charge in [-0.05, 0) is 26.0 Å². The van der Waals surface area contributed by atoms with Crippen LogP contribution in [0.1, 0.15) is 13.8 Å². The normalized spacial score (nSPS) is 18.4. The summed E-state index contributed by atoms with van der Waals surface area (Å²) in [6, 6.07) is 4.85. The summed E-state index contributed by atoms with van der Waals surface area (Å²) < 4.78 is 0. The summed E-state index contributed by atoms with van der Waals surface area (Å²) in [6.45, 7) is 4.30. The average Bonchev–Trinajstić information content (AvgIpc) is 2.27. The van der Waals surface area contributed by atoms with Crippen molar-refractivity contribution < 1.29 is 9.90 Å². The molecule has 0 aliphatic carbocycles. The highest BCUT2D eigenvalue weighted by Crippen LogP contribution is 2.32. The second-order valence-electron chi connectivity index (χ2n) is 4.42. The summed E-state index contributed by atoms with van der Waals surface area (Å²) in [4.78, 5) is 11.8. The maximum absolute atomic E-state index is 11.8. The van der Waals surface area contributed by atoms with E-state index in [0.717, 1.165) is 5.69 Å². The monoisotopic (exact) mass is 206 g/mol. The number of phenols is 1. The van der Waals surface area contributed by atoms with Crippen molar-refractivity contribution in [1.82, 2.24) is 0 Å². The van der Waals surface area contributed by atoms with E-state index in [9.17, 15) is 9.90 Å². The summed E-state index contributed by atoms with van der Waals surface area (Å²) in [7, 11) is 0. The van der Waals surface area contributed by atoms with Gasteiger partial charge in [0.1, 0.15) is 5.75 Å². The molecule has 0 radical (unpaired) electrons. The van der Waals surface area contributed by atoms with Crippen molar-refractivity contribution in [1.29, 1.82) is 0 Å². The number of rotatable bonds is 0. The number of fused-ring (bicyclic) bond motifs is 1. The Hall–Kier alpha value is -1.71. The third-order valence-electron chi connectivity index (χ3n) is 2.59. The van der Waals surface area contributed by atoms with E-state index < -0.39 is 5.41 Å². The molecule has 1 aromatic carbocycles. The van der Waals surface area contributed by atoms with Gasteiger partial charge in [0, 0.05) is 12.6 Å². The second-order valence-corrected chi connectivity index (χ2v) is 4.42. The van der Waals surface area contributed by atoms with Crippen LogP contribution in [0.4, 0.5) is 11.4 Å². The lowest BCUT2D eigenvalue weighted by Gasteiger charge is -2.19. The Morgan fingerprint density at radius 2 is 2.07 bits per heavy atom. The van der Waals surface area contributed by atoms with Gasteiger partial charge in [0.2, 0.25) is 5.91 Å². The van der Waals surface area contributed by atoms with E-state index >= 15 is 0 Å². The molecule has 1 aromatic rings. The third kappa shape index (κ3) is 1.75. The van der Waals surface area contributed by atoms with Crippen molar-refractivity contribution in [3.63, 3.8) is 0 Å². The Kier molecular flexibility index (Phi) is 2.07. The Morgan fingerprint density at radius 1 is 1.33 bits per heavy atom. The number of aromatic hydroxyl groups is 1. The van der Waals surface area contributed by atoms with Crippen molar-refractivity contribution in [2.45, 2.75) is 13.8 Å². The molecule has 0 fully saturated rings. The van der Waals surface area contributed by atoms with Gasteiger partial charge in [-0.1, -0.05) is 0 Å². The van der Waals surface area contributed by atoms with Crippen molar-refractivity contribution in [2.75, 3.05) is 17.2 Å². The molecular weight excluding hydrogens is 192 g/mol. The molecule has 0 atom stereocenters. The van der Waals surface area contributed by atoms with Crippen LogP contribution in [0.3, 0.4) is 0 Å². The summed E-state index contributed by atoms with van der Waals surface area (Å²) >= 11 is 0. The zero-order valence-corrected chi connectivity index (χ0v) is 8.79. The van der Waals surface area contributed by atoms with Gasteiger partial charge in [0.25, 0.3) is 0 Å². The number of hydrogen-bond acceptors (Lipinski definition) is 3. The van der Waals surface area contributed by atoms with Crippen LogP contribution in [0.15, 0.2) is 18.2 Å². The zero-order valence-electron chi connectivity index (χ0n) is 8.79. The van der Waals surface area contributed by atoms with Gasteiger partial charge in [-0.15, -0.1) is 0 Å². The molecule has 1 amide bonds. The van der Waals surface area contributed by atoms with Gasteiger partial charge >= 0.3 is 0 Å². The number of phenolic OH excluding ortho intramolecular Hbond substituents is 1. The van der Waals surface area contributed by atoms with Crippen molar-refractivity contribution in [2.24, 2.45) is 5.41 Å². The predicted molar refractivity (Wildman–Crippen MR) is 59.0 cm³/mol. The van der Waals surface area contributed by atoms with Crippen molar-refractivity contribution >= 4 is 17.3 Å². The van der Waals surface area contributed by atoms with Gasteiger partial charge in [-0.3, -0.25) is 4.79 Å². The molecule has 0 saturated heterocycles. The minimum atomic E-state index is -0.450. The minimum Gasteiger partial charge on any atom is -0.508 e. The van der Waals surface area contributed by atoms with Gasteiger partial charge in [0.05, 0.1) is 16.8 Å². The standard InChI is InChI=1S/C11H14N2O2/c1-11(2)6-12-9-5-7(14)3-4-8(9)13-10(11)15/h3-5,12,14H,6H2,1-2H3,(H,13,15). The van der Waals surface area contributed by atoms with Crippen LogP contribution in [0, 0.1) is 5.41 Å². The Balaban J connectivity index is 2.40. The number of benzene rings is 1. The van der Waals surface area contributed by atoms with E-state index in [1.165, 1.54) is 0 Å². The van der Waals surface area contributed by atoms with Crippen LogP contribution in [-0.4, -0.2) is 17.6 Å². The molecule has 0 unspecified atom stereocenters. The first-order chi connectivity index (χ1) is 6.99. The third-order valence-corrected chi connectivity index (χ3v) is 2.59. The van der Waals surface area contributed by atoms with Crippen LogP contribution in [0.5, 0.6) is 5.75 Å². The fourth-order valence-corrected chi connectivity index (χ4v) is 1.48. The number of nitrogens with one attached hydrogen (secondary N) is 2. The molecule has 0 spiro atoms. The number of carbonyl (C=O) groups excluding carboxylic acids is 1. The van der Waals surface area contributed by atoms with Gasteiger partial charge in [-0.25, -0.2) is 0 Å². The molecule has 0 saturated carbocycles. The number of anilines is 2. The van der Waals surface area contributed by atoms with Gasteiger partial charge in [0.15, 0.2) is 0 Å². The first kappa shape index (κ1) is 9.83. The quantitative estimate of drug-likeness (QED) is 0.567. The molecule has 2 rings (SSSR count). The zero-order chi connectivity index (χ0) is 11.1. The van der Waals surface area contributed by atoms with Crippen LogP contribution >= 0.6 is 0 Å². The SMILES string of the molecule is CC1(C)CNc2cc(O)ccc2NC1=O. The molecule has 15 heavy (non-hydrogen) atoms. The predicted octanol–water partition coefficient (Wildman–Crippen LogP) is 1.78. The van der Waals surface area contributed by atoms with Crippen molar-refractivity contribution in [3.8, 4) is 5.75 Å². The van der Waals surface area contributed by atoms with Gasteiger partial charge < -0.3 is 15.7 Å². The van der Waals surface area contributed by atoms with Crippen LogP contribution in [0.2, 0.25) is 0 Å². The lowest BCUT2D eigenvalue weighted by atomic mass is 9.93. The highest BCUT2D eigenvalue weighted by atomic mass is 16.3. The minimum absolute atomic E-state index is 0.0144. The van der Waals surface area contributed by atoms with Crippen LogP contribution < -0.4 is 10.6 Å². The Labute approximate surface area is 88.3 Å². The largest absolute Gasteiger partial charge is 0.508 e. The van der Waals surface area contributed by atoms with E-state index in [1.54, 1.807) is 18.2 Å². The number of amides is 1. The fraction of sp³-hybridized carbons (Fsp3) is 0.364. The van der Waals surface area contributed by atoms with Gasteiger partial charge in [-0.2, -0.15) is 0 Å². The summed E-state index contributed by atoms with van der Waals surface area (Å²) in [5.41, 5.74) is 1.02.